The van der Waals surface area contributed by atoms with E-state index in [0.29, 0.717) is 33.8 Å². The van der Waals surface area contributed by atoms with E-state index < -0.39 is 29.8 Å². The van der Waals surface area contributed by atoms with Crippen molar-refractivity contribution in [2.75, 3.05) is 10.6 Å². The van der Waals surface area contributed by atoms with Gasteiger partial charge in [-0.15, -0.1) is 11.3 Å². The lowest BCUT2D eigenvalue weighted by Gasteiger charge is -2.21. The highest BCUT2D eigenvalue weighted by Gasteiger charge is 2.20. The zero-order chi connectivity index (χ0) is 28.7. The fraction of sp³-hybridized carbons (Fsp3) is 0.200. The second-order valence-electron chi connectivity index (χ2n) is 9.79. The number of Topliss-reactive ketones (excluding diaryl/α,β-unsaturated/α-hetero) is 1. The van der Waals surface area contributed by atoms with Gasteiger partial charge in [0.1, 0.15) is 12.2 Å². The fourth-order valence-corrected chi connectivity index (χ4v) is 4.73. The quantitative estimate of drug-likeness (QED) is 0.157. The van der Waals surface area contributed by atoms with Crippen molar-refractivity contribution in [3.8, 4) is 17.0 Å². The first-order chi connectivity index (χ1) is 19.1. The average molecular weight is 578 g/mol. The van der Waals surface area contributed by atoms with Crippen LogP contribution < -0.4 is 15.4 Å². The number of ketones is 1. The summed E-state index contributed by atoms with van der Waals surface area (Å²) in [6.07, 6.45) is 0.564. The Balaban J connectivity index is 1.52. The summed E-state index contributed by atoms with van der Waals surface area (Å²) in [6, 6.07) is 20.1. The van der Waals surface area contributed by atoms with E-state index in [1.165, 1.54) is 11.3 Å². The van der Waals surface area contributed by atoms with Crippen molar-refractivity contribution in [2.24, 2.45) is 0 Å². The summed E-state index contributed by atoms with van der Waals surface area (Å²) in [5.41, 5.74) is 2.40. The number of carbonyl (C=O) groups excluding carboxylic acids is 3. The zero-order valence-corrected chi connectivity index (χ0v) is 23.8. The molecule has 10 heteroatoms. The van der Waals surface area contributed by atoms with Crippen molar-refractivity contribution in [3.63, 3.8) is 0 Å². The number of hydrogen-bond acceptors (Lipinski definition) is 7. The van der Waals surface area contributed by atoms with Gasteiger partial charge in [0.15, 0.2) is 5.78 Å². The minimum absolute atomic E-state index is 0.294. The summed E-state index contributed by atoms with van der Waals surface area (Å²) in [6.45, 7) is 5.64. The average Bonchev–Trinajstić information content (AvgIpc) is 3.34. The number of pyridine rings is 1. The van der Waals surface area contributed by atoms with Gasteiger partial charge in [-0.1, -0.05) is 48.0 Å². The van der Waals surface area contributed by atoms with E-state index in [1.807, 2.05) is 36.4 Å². The maximum absolute atomic E-state index is 12.8. The minimum Gasteiger partial charge on any atom is -0.473 e. The van der Waals surface area contributed by atoms with Gasteiger partial charge >= 0.3 is 6.09 Å². The molecular formula is C30H28ClN3O5S. The first kappa shape index (κ1) is 28.8. The highest BCUT2D eigenvalue weighted by Crippen LogP contribution is 2.31. The van der Waals surface area contributed by atoms with Crippen molar-refractivity contribution in [1.29, 1.82) is 0 Å². The smallest absolute Gasteiger partial charge is 0.412 e. The third-order valence-electron chi connectivity index (χ3n) is 5.42. The summed E-state index contributed by atoms with van der Waals surface area (Å²) in [4.78, 5) is 42.6. The van der Waals surface area contributed by atoms with Gasteiger partial charge in [0.05, 0.1) is 27.7 Å². The van der Waals surface area contributed by atoms with E-state index in [0.717, 1.165) is 16.7 Å². The Morgan fingerprint density at radius 3 is 2.33 bits per heavy atom. The second-order valence-corrected chi connectivity index (χ2v) is 11.1. The number of amides is 2. The molecule has 2 heterocycles. The molecule has 0 aliphatic carbocycles. The molecule has 0 fully saturated rings. The predicted molar refractivity (Wildman–Crippen MR) is 157 cm³/mol. The fourth-order valence-electron chi connectivity index (χ4n) is 3.63. The van der Waals surface area contributed by atoms with Crippen molar-refractivity contribution >= 4 is 52.1 Å². The third-order valence-corrected chi connectivity index (χ3v) is 6.80. The van der Waals surface area contributed by atoms with E-state index >= 15 is 0 Å². The number of anilines is 2. The van der Waals surface area contributed by atoms with E-state index in [9.17, 15) is 14.4 Å². The van der Waals surface area contributed by atoms with Crippen LogP contribution >= 0.6 is 22.9 Å². The van der Waals surface area contributed by atoms with Crippen LogP contribution in [0.4, 0.5) is 16.2 Å². The molecule has 0 unspecified atom stereocenters. The zero-order valence-electron chi connectivity index (χ0n) is 22.2. The van der Waals surface area contributed by atoms with Crippen LogP contribution in [0.1, 0.15) is 42.4 Å². The Morgan fingerprint density at radius 1 is 0.925 bits per heavy atom. The standard InChI is InChI=1S/C30H28ClN3O5S/c1-30(2,3)39-29(37)34-23-11-9-20(15-24(23)33-26(36)16-25(35)28-22(31)13-14-40-28)21-10-12-27(32-17-21)38-18-19-7-5-4-6-8-19/h4-15,17H,16,18H2,1-3H3,(H,33,36)(H,34,37). The normalized spacial score (nSPS) is 11.0. The maximum atomic E-state index is 12.8. The van der Waals surface area contributed by atoms with Crippen LogP contribution in [0.5, 0.6) is 5.88 Å². The molecule has 0 aliphatic rings. The second kappa shape index (κ2) is 12.8. The molecule has 0 spiro atoms. The molecule has 0 saturated heterocycles. The van der Waals surface area contributed by atoms with E-state index in [-0.39, 0.29) is 0 Å². The largest absolute Gasteiger partial charge is 0.473 e. The molecule has 2 aromatic heterocycles. The molecule has 0 bridgehead atoms. The van der Waals surface area contributed by atoms with Crippen LogP contribution in [0.2, 0.25) is 5.02 Å². The lowest BCUT2D eigenvalue weighted by molar-refractivity contribution is -0.115. The topological polar surface area (TPSA) is 107 Å². The predicted octanol–water partition coefficient (Wildman–Crippen LogP) is 7.60. The van der Waals surface area contributed by atoms with Gasteiger partial charge < -0.3 is 14.8 Å². The molecule has 8 nitrogen and oxygen atoms in total. The lowest BCUT2D eigenvalue weighted by atomic mass is 10.1. The Morgan fingerprint density at radius 2 is 1.68 bits per heavy atom. The number of ether oxygens (including phenoxy) is 2. The van der Waals surface area contributed by atoms with Gasteiger partial charge in [-0.25, -0.2) is 9.78 Å². The van der Waals surface area contributed by atoms with Crippen molar-refractivity contribution < 1.29 is 23.9 Å². The van der Waals surface area contributed by atoms with Gasteiger partial charge in [0.25, 0.3) is 0 Å². The molecule has 2 amide bonds. The minimum atomic E-state index is -0.712. The highest BCUT2D eigenvalue weighted by atomic mass is 35.5. The Hall–Kier alpha value is -4.21. The number of rotatable bonds is 9. The molecule has 0 saturated carbocycles. The lowest BCUT2D eigenvalue weighted by Crippen LogP contribution is -2.27. The number of thiophene rings is 1. The van der Waals surface area contributed by atoms with Crippen LogP contribution in [0.15, 0.2) is 78.3 Å². The molecule has 2 N–H and O–H groups in total. The van der Waals surface area contributed by atoms with Gasteiger partial charge in [-0.2, -0.15) is 0 Å². The van der Waals surface area contributed by atoms with Gasteiger partial charge in [-0.05, 0) is 61.5 Å². The SMILES string of the molecule is CC(C)(C)OC(=O)Nc1ccc(-c2ccc(OCc3ccccc3)nc2)cc1NC(=O)CC(=O)c1sccc1Cl. The van der Waals surface area contributed by atoms with E-state index in [1.54, 1.807) is 62.7 Å². The third kappa shape index (κ3) is 8.14. The van der Waals surface area contributed by atoms with Crippen LogP contribution in [0.3, 0.4) is 0 Å². The summed E-state index contributed by atoms with van der Waals surface area (Å²) < 4.78 is 11.1. The maximum Gasteiger partial charge on any atom is 0.412 e. The summed E-state index contributed by atoms with van der Waals surface area (Å²) in [5, 5.41) is 7.40. The van der Waals surface area contributed by atoms with Gasteiger partial charge in [0, 0.05) is 17.8 Å². The first-order valence-corrected chi connectivity index (χ1v) is 13.7. The molecule has 40 heavy (non-hydrogen) atoms. The van der Waals surface area contributed by atoms with Gasteiger partial charge in [-0.3, -0.25) is 14.9 Å². The number of carbonyl (C=O) groups is 3. The first-order valence-electron chi connectivity index (χ1n) is 12.4. The Kier molecular flexibility index (Phi) is 9.19. The summed E-state index contributed by atoms with van der Waals surface area (Å²) in [7, 11) is 0. The highest BCUT2D eigenvalue weighted by molar-refractivity contribution is 7.12. The molecule has 4 rings (SSSR count). The Bertz CT molecular complexity index is 1500. The molecular weight excluding hydrogens is 550 g/mol. The number of halogens is 1. The van der Waals surface area contributed by atoms with Crippen molar-refractivity contribution in [1.82, 2.24) is 4.98 Å². The molecule has 0 radical (unpaired) electrons. The number of benzene rings is 2. The number of hydrogen-bond donors (Lipinski definition) is 2. The van der Waals surface area contributed by atoms with E-state index in [2.05, 4.69) is 15.6 Å². The number of aromatic nitrogens is 1. The number of nitrogens with zero attached hydrogens (tertiary/aromatic N) is 1. The van der Waals surface area contributed by atoms with Crippen LogP contribution in [-0.2, 0) is 16.1 Å². The molecule has 0 aliphatic heterocycles. The molecule has 206 valence electrons. The van der Waals surface area contributed by atoms with Gasteiger partial charge in [0.2, 0.25) is 11.8 Å². The molecule has 4 aromatic rings. The van der Waals surface area contributed by atoms with E-state index in [4.69, 9.17) is 21.1 Å². The monoisotopic (exact) mass is 577 g/mol. The van der Waals surface area contributed by atoms with Crippen molar-refractivity contribution in [2.45, 2.75) is 39.4 Å². The Labute approximate surface area is 241 Å². The van der Waals surface area contributed by atoms with Crippen LogP contribution in [0.25, 0.3) is 11.1 Å². The van der Waals surface area contributed by atoms with Crippen LogP contribution in [-0.4, -0.2) is 28.4 Å². The van der Waals surface area contributed by atoms with Crippen molar-refractivity contribution in [3.05, 3.63) is 93.8 Å². The summed E-state index contributed by atoms with van der Waals surface area (Å²) >= 11 is 7.22. The number of nitrogens with one attached hydrogen (secondary N) is 2. The van der Waals surface area contributed by atoms with Crippen LogP contribution in [0, 0.1) is 0 Å². The molecule has 0 atom stereocenters. The molecule has 2 aromatic carbocycles. The summed E-state index contributed by atoms with van der Waals surface area (Å²) in [5.74, 6) is -0.484.